The molecule has 2 aromatic rings. The quantitative estimate of drug-likeness (QED) is 0.307. The lowest BCUT2D eigenvalue weighted by Gasteiger charge is -2.26. The van der Waals surface area contributed by atoms with Crippen LogP contribution in [0.15, 0.2) is 54.6 Å². The van der Waals surface area contributed by atoms with Crippen LogP contribution in [0.25, 0.3) is 11.1 Å². The molecule has 0 N–H and O–H groups in total. The summed E-state index contributed by atoms with van der Waals surface area (Å²) in [6.07, 6.45) is 15.3. The maximum absolute atomic E-state index is 13.4. The zero-order chi connectivity index (χ0) is 20.5. The smallest absolute Gasteiger partial charge is 0.159 e. The Morgan fingerprint density at radius 2 is 1.62 bits per heavy atom. The summed E-state index contributed by atoms with van der Waals surface area (Å²) in [6.45, 7) is 2.83. The van der Waals surface area contributed by atoms with Crippen LogP contribution >= 0.6 is 0 Å². The second kappa shape index (κ2) is 11.1. The van der Waals surface area contributed by atoms with Crippen molar-refractivity contribution in [1.82, 2.24) is 0 Å². The van der Waals surface area contributed by atoms with Crippen LogP contribution in [0.4, 0.5) is 8.78 Å². The van der Waals surface area contributed by atoms with Crippen molar-refractivity contribution in [2.45, 2.75) is 58.3 Å². The van der Waals surface area contributed by atoms with Gasteiger partial charge >= 0.3 is 0 Å². The fourth-order valence-corrected chi connectivity index (χ4v) is 4.16. The van der Waals surface area contributed by atoms with Crippen LogP contribution in [0.1, 0.15) is 58.3 Å². The molecular weight excluding hydrogens is 366 g/mol. The standard InChI is InChI=1S/C26H32F2O/c1-2-3-4-6-20-8-10-21(11-9-20)7-5-18-29-24-15-12-22(13-16-24)23-14-17-25(27)26(28)19-23/h5,7,12-17,19-21H,2-4,6,8-11,18H2,1H3/b7-5+. The minimum Gasteiger partial charge on any atom is -0.490 e. The van der Waals surface area contributed by atoms with E-state index in [-0.39, 0.29) is 0 Å². The topological polar surface area (TPSA) is 9.23 Å². The molecule has 0 atom stereocenters. The van der Waals surface area contributed by atoms with Gasteiger partial charge in [-0.2, -0.15) is 0 Å². The summed E-state index contributed by atoms with van der Waals surface area (Å²) in [7, 11) is 0. The molecule has 1 nitrogen and oxygen atoms in total. The lowest BCUT2D eigenvalue weighted by Crippen LogP contribution is -2.13. The molecule has 0 bridgehead atoms. The van der Waals surface area contributed by atoms with Crippen LogP contribution in [0.2, 0.25) is 0 Å². The second-order valence-corrected chi connectivity index (χ2v) is 8.17. The molecule has 0 spiro atoms. The number of halogens is 2. The summed E-state index contributed by atoms with van der Waals surface area (Å²) in [6, 6.07) is 11.4. The Morgan fingerprint density at radius 1 is 0.897 bits per heavy atom. The molecule has 0 aromatic heterocycles. The molecular formula is C26H32F2O. The third-order valence-electron chi connectivity index (χ3n) is 5.97. The minimum absolute atomic E-state index is 0.556. The van der Waals surface area contributed by atoms with Crippen molar-refractivity contribution in [3.05, 3.63) is 66.3 Å². The van der Waals surface area contributed by atoms with Gasteiger partial charge in [-0.3, -0.25) is 0 Å². The molecule has 29 heavy (non-hydrogen) atoms. The van der Waals surface area contributed by atoms with Crippen LogP contribution < -0.4 is 4.74 Å². The van der Waals surface area contributed by atoms with Gasteiger partial charge < -0.3 is 4.74 Å². The van der Waals surface area contributed by atoms with Gasteiger partial charge in [0.05, 0.1) is 0 Å². The number of ether oxygens (including phenoxy) is 1. The highest BCUT2D eigenvalue weighted by atomic mass is 19.2. The second-order valence-electron chi connectivity index (χ2n) is 8.17. The first-order valence-corrected chi connectivity index (χ1v) is 11.0. The monoisotopic (exact) mass is 398 g/mol. The number of hydrogen-bond acceptors (Lipinski definition) is 1. The summed E-state index contributed by atoms with van der Waals surface area (Å²) in [5, 5.41) is 0. The average Bonchev–Trinajstić information content (AvgIpc) is 2.75. The van der Waals surface area contributed by atoms with Crippen molar-refractivity contribution in [1.29, 1.82) is 0 Å². The fraction of sp³-hybridized carbons (Fsp3) is 0.462. The first-order valence-electron chi connectivity index (χ1n) is 11.0. The number of unbranched alkanes of at least 4 members (excludes halogenated alkanes) is 2. The zero-order valence-electron chi connectivity index (χ0n) is 17.4. The van der Waals surface area contributed by atoms with Crippen molar-refractivity contribution in [2.75, 3.05) is 6.61 Å². The van der Waals surface area contributed by atoms with E-state index in [1.807, 2.05) is 24.3 Å². The van der Waals surface area contributed by atoms with E-state index < -0.39 is 11.6 Å². The van der Waals surface area contributed by atoms with Gasteiger partial charge in [-0.15, -0.1) is 0 Å². The fourth-order valence-electron chi connectivity index (χ4n) is 4.16. The molecule has 3 rings (SSSR count). The third-order valence-corrected chi connectivity index (χ3v) is 5.97. The first-order chi connectivity index (χ1) is 14.2. The highest BCUT2D eigenvalue weighted by Crippen LogP contribution is 2.32. The van der Waals surface area contributed by atoms with Crippen LogP contribution in [0.3, 0.4) is 0 Å². The van der Waals surface area contributed by atoms with Gasteiger partial charge in [0, 0.05) is 0 Å². The van der Waals surface area contributed by atoms with Gasteiger partial charge in [-0.05, 0) is 72.9 Å². The molecule has 0 unspecified atom stereocenters. The molecule has 1 aliphatic carbocycles. The Morgan fingerprint density at radius 3 is 2.31 bits per heavy atom. The summed E-state index contributed by atoms with van der Waals surface area (Å²) in [5.74, 6) is 0.751. The molecule has 1 fully saturated rings. The Hall–Kier alpha value is -2.16. The van der Waals surface area contributed by atoms with E-state index in [2.05, 4.69) is 19.1 Å². The summed E-state index contributed by atoms with van der Waals surface area (Å²) < 4.78 is 32.2. The summed E-state index contributed by atoms with van der Waals surface area (Å²) >= 11 is 0. The molecule has 3 heteroatoms. The SMILES string of the molecule is CCCCCC1CCC(/C=C/COc2ccc(-c3ccc(F)c(F)c3)cc2)CC1. The molecule has 0 radical (unpaired) electrons. The van der Waals surface area contributed by atoms with E-state index in [0.717, 1.165) is 23.3 Å². The molecule has 0 heterocycles. The molecule has 156 valence electrons. The number of rotatable bonds is 9. The largest absolute Gasteiger partial charge is 0.490 e. The normalized spacial score (nSPS) is 19.6. The molecule has 0 aliphatic heterocycles. The summed E-state index contributed by atoms with van der Waals surface area (Å²) in [5.41, 5.74) is 1.49. The molecule has 0 amide bonds. The number of benzene rings is 2. The van der Waals surface area contributed by atoms with Crippen LogP contribution in [-0.4, -0.2) is 6.61 Å². The third kappa shape index (κ3) is 6.69. The van der Waals surface area contributed by atoms with Gasteiger partial charge in [-0.1, -0.05) is 63.0 Å². The van der Waals surface area contributed by atoms with Crippen molar-refractivity contribution < 1.29 is 13.5 Å². The Labute approximate surface area is 173 Å². The van der Waals surface area contributed by atoms with Gasteiger partial charge in [0.25, 0.3) is 0 Å². The molecule has 0 saturated heterocycles. The van der Waals surface area contributed by atoms with Gasteiger partial charge in [-0.25, -0.2) is 8.78 Å². The van der Waals surface area contributed by atoms with E-state index in [4.69, 9.17) is 4.74 Å². The van der Waals surface area contributed by atoms with E-state index in [1.54, 1.807) is 6.07 Å². The van der Waals surface area contributed by atoms with Gasteiger partial charge in [0.2, 0.25) is 0 Å². The Kier molecular flexibility index (Phi) is 8.27. The average molecular weight is 399 g/mol. The highest BCUT2D eigenvalue weighted by Gasteiger charge is 2.18. The van der Waals surface area contributed by atoms with Gasteiger partial charge in [0.15, 0.2) is 11.6 Å². The van der Waals surface area contributed by atoms with E-state index in [0.29, 0.717) is 18.1 Å². The lowest BCUT2D eigenvalue weighted by atomic mass is 9.79. The highest BCUT2D eigenvalue weighted by molar-refractivity contribution is 5.64. The van der Waals surface area contributed by atoms with Crippen LogP contribution in [0, 0.1) is 23.5 Å². The van der Waals surface area contributed by atoms with Crippen LogP contribution in [0.5, 0.6) is 5.75 Å². The van der Waals surface area contributed by atoms with Crippen molar-refractivity contribution in [3.63, 3.8) is 0 Å². The van der Waals surface area contributed by atoms with Crippen molar-refractivity contribution >= 4 is 0 Å². The minimum atomic E-state index is -0.831. The van der Waals surface area contributed by atoms with Crippen molar-refractivity contribution in [2.24, 2.45) is 11.8 Å². The Balaban J connectivity index is 1.40. The number of hydrogen-bond donors (Lipinski definition) is 0. The zero-order valence-corrected chi connectivity index (χ0v) is 17.4. The van der Waals surface area contributed by atoms with Gasteiger partial charge in [0.1, 0.15) is 12.4 Å². The molecule has 1 aliphatic rings. The Bertz CT molecular complexity index is 774. The van der Waals surface area contributed by atoms with E-state index in [9.17, 15) is 8.78 Å². The predicted molar refractivity (Wildman–Crippen MR) is 116 cm³/mol. The lowest BCUT2D eigenvalue weighted by molar-refractivity contribution is 0.288. The summed E-state index contributed by atoms with van der Waals surface area (Å²) in [4.78, 5) is 0. The maximum Gasteiger partial charge on any atom is 0.159 e. The molecule has 2 aromatic carbocycles. The van der Waals surface area contributed by atoms with E-state index >= 15 is 0 Å². The maximum atomic E-state index is 13.4. The van der Waals surface area contributed by atoms with Crippen LogP contribution in [-0.2, 0) is 0 Å². The first kappa shape index (κ1) is 21.5. The van der Waals surface area contributed by atoms with Crippen molar-refractivity contribution in [3.8, 4) is 16.9 Å². The molecule has 1 saturated carbocycles. The van der Waals surface area contributed by atoms with E-state index in [1.165, 1.54) is 57.4 Å². The predicted octanol–water partition coefficient (Wildman–Crippen LogP) is 7.95. The number of allylic oxidation sites excluding steroid dienone is 1.